The van der Waals surface area contributed by atoms with Gasteiger partial charge in [0.2, 0.25) is 0 Å². The first-order chi connectivity index (χ1) is 15.4. The maximum Gasteiger partial charge on any atom is 0.293 e. The summed E-state index contributed by atoms with van der Waals surface area (Å²) in [6, 6.07) is 16.9. The smallest absolute Gasteiger partial charge is 0.293 e. The molecule has 1 heterocycles. The SMILES string of the molecule is O=C1S/C(=C\c2cccc(OCc3c(F)cccc3Cl)c2)C(=O)N1Cc1ccc(F)cc1. The summed E-state index contributed by atoms with van der Waals surface area (Å²) in [4.78, 5) is 26.4. The standard InChI is InChI=1S/C24H16ClF2NO3S/c25-20-5-2-6-21(27)19(20)14-31-18-4-1-3-16(11-18)12-22-23(29)28(24(30)32-22)13-15-7-9-17(26)10-8-15/h1-12H,13-14H2/b22-12-. The maximum atomic E-state index is 13.9. The third-order valence-corrected chi connectivity index (χ3v) is 5.99. The van der Waals surface area contributed by atoms with Crippen LogP contribution in [0.25, 0.3) is 6.08 Å². The van der Waals surface area contributed by atoms with Crippen molar-refractivity contribution in [2.24, 2.45) is 0 Å². The van der Waals surface area contributed by atoms with Gasteiger partial charge in [-0.25, -0.2) is 8.78 Å². The Labute approximate surface area is 192 Å². The summed E-state index contributed by atoms with van der Waals surface area (Å²) < 4.78 is 32.7. The second kappa shape index (κ2) is 9.54. The van der Waals surface area contributed by atoms with Gasteiger partial charge in [-0.15, -0.1) is 0 Å². The predicted molar refractivity (Wildman–Crippen MR) is 120 cm³/mol. The highest BCUT2D eigenvalue weighted by Crippen LogP contribution is 2.34. The van der Waals surface area contributed by atoms with Gasteiger partial charge in [0.15, 0.2) is 0 Å². The molecular weight excluding hydrogens is 456 g/mol. The van der Waals surface area contributed by atoms with Gasteiger partial charge in [0, 0.05) is 5.56 Å². The van der Waals surface area contributed by atoms with Crippen LogP contribution in [0.1, 0.15) is 16.7 Å². The lowest BCUT2D eigenvalue weighted by Crippen LogP contribution is -2.27. The zero-order chi connectivity index (χ0) is 22.7. The van der Waals surface area contributed by atoms with Crippen molar-refractivity contribution in [3.8, 4) is 5.75 Å². The van der Waals surface area contributed by atoms with Crippen LogP contribution >= 0.6 is 23.4 Å². The van der Waals surface area contributed by atoms with E-state index >= 15 is 0 Å². The van der Waals surface area contributed by atoms with E-state index in [0.717, 1.165) is 16.7 Å². The van der Waals surface area contributed by atoms with Gasteiger partial charge in [-0.2, -0.15) is 0 Å². The Hall–Kier alpha value is -3.16. The van der Waals surface area contributed by atoms with Crippen LogP contribution in [0, 0.1) is 11.6 Å². The summed E-state index contributed by atoms with van der Waals surface area (Å²) >= 11 is 6.86. The largest absolute Gasteiger partial charge is 0.489 e. The monoisotopic (exact) mass is 471 g/mol. The number of imide groups is 1. The highest BCUT2D eigenvalue weighted by Gasteiger charge is 2.35. The number of rotatable bonds is 6. The lowest BCUT2D eigenvalue weighted by Gasteiger charge is -2.12. The zero-order valence-electron chi connectivity index (χ0n) is 16.6. The molecule has 0 N–H and O–H groups in total. The van der Waals surface area contributed by atoms with Gasteiger partial charge in [-0.3, -0.25) is 14.5 Å². The number of carbonyl (C=O) groups excluding carboxylic acids is 2. The average molecular weight is 472 g/mol. The summed E-state index contributed by atoms with van der Waals surface area (Å²) in [5.74, 6) is -0.803. The minimum Gasteiger partial charge on any atom is -0.489 e. The molecule has 8 heteroatoms. The fourth-order valence-corrected chi connectivity index (χ4v) is 4.14. The van der Waals surface area contributed by atoms with E-state index in [-0.39, 0.29) is 34.5 Å². The first-order valence-electron chi connectivity index (χ1n) is 9.56. The minimum absolute atomic E-state index is 0.0524. The van der Waals surface area contributed by atoms with Crippen LogP contribution in [0.4, 0.5) is 13.6 Å². The molecular formula is C24H16ClF2NO3S. The van der Waals surface area contributed by atoms with Crippen LogP contribution in [-0.4, -0.2) is 16.0 Å². The number of nitrogens with zero attached hydrogens (tertiary/aromatic N) is 1. The van der Waals surface area contributed by atoms with Crippen molar-refractivity contribution in [3.63, 3.8) is 0 Å². The first kappa shape index (κ1) is 22.0. The van der Waals surface area contributed by atoms with E-state index in [0.29, 0.717) is 16.9 Å². The Morgan fingerprint density at radius 3 is 2.50 bits per heavy atom. The minimum atomic E-state index is -0.455. The quantitative estimate of drug-likeness (QED) is 0.388. The Morgan fingerprint density at radius 1 is 1.00 bits per heavy atom. The van der Waals surface area contributed by atoms with E-state index in [1.54, 1.807) is 36.4 Å². The molecule has 0 unspecified atom stereocenters. The number of carbonyl (C=O) groups is 2. The van der Waals surface area contributed by atoms with Crippen molar-refractivity contribution in [2.45, 2.75) is 13.2 Å². The Bertz CT molecular complexity index is 1190. The fourth-order valence-electron chi connectivity index (χ4n) is 3.08. The van der Waals surface area contributed by atoms with Gasteiger partial charge < -0.3 is 4.74 Å². The van der Waals surface area contributed by atoms with Crippen LogP contribution in [0.5, 0.6) is 5.75 Å². The Kier molecular flexibility index (Phi) is 6.58. The van der Waals surface area contributed by atoms with E-state index < -0.39 is 17.0 Å². The number of hydrogen-bond acceptors (Lipinski definition) is 4. The molecule has 4 nitrogen and oxygen atoms in total. The van der Waals surface area contributed by atoms with Crippen LogP contribution in [0.2, 0.25) is 5.02 Å². The van der Waals surface area contributed by atoms with Crippen molar-refractivity contribution in [1.82, 2.24) is 4.90 Å². The van der Waals surface area contributed by atoms with Crippen molar-refractivity contribution < 1.29 is 23.1 Å². The van der Waals surface area contributed by atoms with E-state index in [4.69, 9.17) is 16.3 Å². The topological polar surface area (TPSA) is 46.6 Å². The summed E-state index contributed by atoms with van der Waals surface area (Å²) in [6.45, 7) is 0.0119. The molecule has 0 aliphatic carbocycles. The van der Waals surface area contributed by atoms with Gasteiger partial charge in [-0.05, 0) is 65.4 Å². The van der Waals surface area contributed by atoms with Crippen molar-refractivity contribution in [2.75, 3.05) is 0 Å². The molecule has 0 saturated carbocycles. The third-order valence-electron chi connectivity index (χ3n) is 4.73. The van der Waals surface area contributed by atoms with Crippen molar-refractivity contribution in [3.05, 3.63) is 105 Å². The average Bonchev–Trinajstić information content (AvgIpc) is 3.02. The summed E-state index contributed by atoms with van der Waals surface area (Å²) in [7, 11) is 0. The van der Waals surface area contributed by atoms with Crippen LogP contribution in [0.3, 0.4) is 0 Å². The molecule has 0 aromatic heterocycles. The van der Waals surface area contributed by atoms with Gasteiger partial charge in [-0.1, -0.05) is 41.9 Å². The van der Waals surface area contributed by atoms with Gasteiger partial charge in [0.1, 0.15) is 24.0 Å². The lowest BCUT2D eigenvalue weighted by molar-refractivity contribution is -0.123. The molecule has 32 heavy (non-hydrogen) atoms. The number of hydrogen-bond donors (Lipinski definition) is 0. The van der Waals surface area contributed by atoms with Crippen molar-refractivity contribution >= 4 is 40.6 Å². The normalized spacial score (nSPS) is 15.0. The van der Waals surface area contributed by atoms with E-state index in [1.807, 2.05) is 0 Å². The molecule has 1 saturated heterocycles. The molecule has 1 aliphatic heterocycles. The maximum absolute atomic E-state index is 13.9. The number of halogens is 3. The Balaban J connectivity index is 1.47. The second-order valence-electron chi connectivity index (χ2n) is 6.96. The van der Waals surface area contributed by atoms with E-state index in [1.165, 1.54) is 36.4 Å². The summed E-state index contributed by atoms with van der Waals surface area (Å²) in [5.41, 5.74) is 1.55. The summed E-state index contributed by atoms with van der Waals surface area (Å²) in [6.07, 6.45) is 1.60. The number of amides is 2. The molecule has 0 spiro atoms. The second-order valence-corrected chi connectivity index (χ2v) is 8.36. The number of ether oxygens (including phenoxy) is 1. The van der Waals surface area contributed by atoms with Crippen LogP contribution in [-0.2, 0) is 17.9 Å². The molecule has 1 aliphatic rings. The Morgan fingerprint density at radius 2 is 1.75 bits per heavy atom. The molecule has 3 aromatic carbocycles. The highest BCUT2D eigenvalue weighted by atomic mass is 35.5. The zero-order valence-corrected chi connectivity index (χ0v) is 18.1. The molecule has 0 bridgehead atoms. The third kappa shape index (κ3) is 5.00. The first-order valence-corrected chi connectivity index (χ1v) is 10.8. The molecule has 0 radical (unpaired) electrons. The van der Waals surface area contributed by atoms with Crippen LogP contribution in [0.15, 0.2) is 71.6 Å². The van der Waals surface area contributed by atoms with Crippen molar-refractivity contribution in [1.29, 1.82) is 0 Å². The van der Waals surface area contributed by atoms with E-state index in [9.17, 15) is 18.4 Å². The molecule has 1 fully saturated rings. The van der Waals surface area contributed by atoms with E-state index in [2.05, 4.69) is 0 Å². The fraction of sp³-hybridized carbons (Fsp3) is 0.0833. The molecule has 3 aromatic rings. The van der Waals surface area contributed by atoms with Gasteiger partial charge in [0.25, 0.3) is 11.1 Å². The van der Waals surface area contributed by atoms with Gasteiger partial charge in [0.05, 0.1) is 16.5 Å². The lowest BCUT2D eigenvalue weighted by atomic mass is 10.2. The number of benzene rings is 3. The molecule has 0 atom stereocenters. The van der Waals surface area contributed by atoms with Crippen LogP contribution < -0.4 is 4.74 Å². The molecule has 4 rings (SSSR count). The summed E-state index contributed by atoms with van der Waals surface area (Å²) in [5, 5.41) is -0.122. The highest BCUT2D eigenvalue weighted by molar-refractivity contribution is 8.18. The predicted octanol–water partition coefficient (Wildman–Crippen LogP) is 6.43. The molecule has 162 valence electrons. The van der Waals surface area contributed by atoms with Gasteiger partial charge >= 0.3 is 0 Å². The number of thioether (sulfide) groups is 1. The molecule has 2 amide bonds.